The summed E-state index contributed by atoms with van der Waals surface area (Å²) < 4.78 is 22.1. The van der Waals surface area contributed by atoms with Crippen LogP contribution in [-0.2, 0) is 16.0 Å². The Balaban J connectivity index is 1.67. The number of ketones is 2. The first-order chi connectivity index (χ1) is 19.9. The Morgan fingerprint density at radius 2 is 1.14 bits per heavy atom. The van der Waals surface area contributed by atoms with Crippen LogP contribution in [0.2, 0.25) is 0 Å². The molecular formula is C35H43NO6. The summed E-state index contributed by atoms with van der Waals surface area (Å²) in [5.41, 5.74) is 5.19. The maximum atomic E-state index is 14.1. The number of hydrogen-bond acceptors (Lipinski definition) is 7. The fourth-order valence-electron chi connectivity index (χ4n) is 6.96. The maximum absolute atomic E-state index is 14.1. The molecule has 0 saturated carbocycles. The Hall–Kier alpha value is -3.74. The molecule has 2 aromatic carbocycles. The lowest BCUT2D eigenvalue weighted by atomic mass is 9.63. The number of ether oxygens (including phenoxy) is 4. The van der Waals surface area contributed by atoms with E-state index in [1.54, 1.807) is 28.4 Å². The second-order valence-electron chi connectivity index (χ2n) is 13.2. The summed E-state index contributed by atoms with van der Waals surface area (Å²) in [5, 5.41) is 0. The lowest BCUT2D eigenvalue weighted by molar-refractivity contribution is -0.119. The van der Waals surface area contributed by atoms with Crippen molar-refractivity contribution in [2.75, 3.05) is 35.0 Å². The summed E-state index contributed by atoms with van der Waals surface area (Å²) in [6.07, 6.45) is 3.13. The molecule has 0 fully saturated rings. The molecule has 2 aliphatic carbocycles. The fourth-order valence-corrected chi connectivity index (χ4v) is 6.96. The van der Waals surface area contributed by atoms with Gasteiger partial charge in [-0.1, -0.05) is 39.8 Å². The van der Waals surface area contributed by atoms with E-state index in [1.165, 1.54) is 0 Å². The average molecular weight is 574 g/mol. The predicted molar refractivity (Wildman–Crippen MR) is 162 cm³/mol. The third-order valence-electron chi connectivity index (χ3n) is 8.83. The van der Waals surface area contributed by atoms with Crippen LogP contribution < -0.4 is 18.9 Å². The van der Waals surface area contributed by atoms with E-state index in [1.807, 2.05) is 36.4 Å². The smallest absolute Gasteiger partial charge is 0.162 e. The van der Waals surface area contributed by atoms with E-state index in [4.69, 9.17) is 18.9 Å². The lowest BCUT2D eigenvalue weighted by Crippen LogP contribution is -2.45. The van der Waals surface area contributed by atoms with Crippen molar-refractivity contribution < 1.29 is 28.5 Å². The van der Waals surface area contributed by atoms with Crippen molar-refractivity contribution >= 4 is 11.6 Å². The number of benzene rings is 2. The number of hydrogen-bond donors (Lipinski definition) is 0. The minimum atomic E-state index is -0.431. The molecule has 0 radical (unpaired) electrons. The van der Waals surface area contributed by atoms with Crippen LogP contribution in [0.1, 0.15) is 70.4 Å². The molecule has 42 heavy (non-hydrogen) atoms. The van der Waals surface area contributed by atoms with E-state index >= 15 is 0 Å². The van der Waals surface area contributed by atoms with Crippen LogP contribution >= 0.6 is 0 Å². The van der Waals surface area contributed by atoms with Gasteiger partial charge in [0.2, 0.25) is 0 Å². The first-order valence-corrected chi connectivity index (χ1v) is 14.6. The van der Waals surface area contributed by atoms with Crippen molar-refractivity contribution in [1.29, 1.82) is 0 Å². The quantitative estimate of drug-likeness (QED) is 0.350. The number of nitrogens with zero attached hydrogens (tertiary/aromatic N) is 1. The lowest BCUT2D eigenvalue weighted by Gasteiger charge is -2.49. The van der Waals surface area contributed by atoms with Gasteiger partial charge in [0, 0.05) is 47.8 Å². The molecular weight excluding hydrogens is 530 g/mol. The van der Waals surface area contributed by atoms with Gasteiger partial charge < -0.3 is 23.8 Å². The first kappa shape index (κ1) is 29.7. The van der Waals surface area contributed by atoms with Gasteiger partial charge in [-0.05, 0) is 65.5 Å². The molecule has 5 rings (SSSR count). The number of methoxy groups -OCH3 is 4. The summed E-state index contributed by atoms with van der Waals surface area (Å²) in [6, 6.07) is 11.7. The SMILES string of the molecule is COc1ccc(CCN2C3=C(C(=O)CC(C)(C)C3)C(c3ccc(OC)c(OC)c3)C3=C2CC(C)(C)CC3=O)cc1OC. The van der Waals surface area contributed by atoms with E-state index in [9.17, 15) is 9.59 Å². The highest BCUT2D eigenvalue weighted by molar-refractivity contribution is 6.06. The first-order valence-electron chi connectivity index (χ1n) is 14.6. The Kier molecular flexibility index (Phi) is 7.90. The van der Waals surface area contributed by atoms with Gasteiger partial charge in [-0.15, -0.1) is 0 Å². The largest absolute Gasteiger partial charge is 0.493 e. The fraction of sp³-hybridized carbons (Fsp3) is 0.486. The molecule has 1 heterocycles. The van der Waals surface area contributed by atoms with E-state index in [2.05, 4.69) is 32.6 Å². The molecule has 0 saturated heterocycles. The molecule has 7 nitrogen and oxygen atoms in total. The number of carbonyl (C=O) groups is 2. The number of carbonyl (C=O) groups excluding carboxylic acids is 2. The van der Waals surface area contributed by atoms with Gasteiger partial charge in [0.25, 0.3) is 0 Å². The van der Waals surface area contributed by atoms with Gasteiger partial charge in [0.1, 0.15) is 0 Å². The molecule has 7 heteroatoms. The van der Waals surface area contributed by atoms with Crippen molar-refractivity contribution in [3.63, 3.8) is 0 Å². The third-order valence-corrected chi connectivity index (χ3v) is 8.83. The van der Waals surface area contributed by atoms with Crippen molar-refractivity contribution in [3.8, 4) is 23.0 Å². The van der Waals surface area contributed by atoms with E-state index < -0.39 is 5.92 Å². The van der Waals surface area contributed by atoms with Gasteiger partial charge in [-0.2, -0.15) is 0 Å². The minimum Gasteiger partial charge on any atom is -0.493 e. The Bertz CT molecular complexity index is 1430. The molecule has 1 aliphatic heterocycles. The van der Waals surface area contributed by atoms with Gasteiger partial charge in [0.05, 0.1) is 28.4 Å². The van der Waals surface area contributed by atoms with Crippen LogP contribution in [0.25, 0.3) is 0 Å². The third kappa shape index (κ3) is 5.41. The molecule has 224 valence electrons. The zero-order chi connectivity index (χ0) is 30.4. The van der Waals surface area contributed by atoms with Gasteiger partial charge in [-0.3, -0.25) is 9.59 Å². The summed E-state index contributed by atoms with van der Waals surface area (Å²) in [4.78, 5) is 30.5. The second-order valence-corrected chi connectivity index (χ2v) is 13.2. The molecule has 0 atom stereocenters. The van der Waals surface area contributed by atoms with Crippen molar-refractivity contribution in [1.82, 2.24) is 4.90 Å². The molecule has 0 N–H and O–H groups in total. The van der Waals surface area contributed by atoms with Crippen molar-refractivity contribution in [3.05, 3.63) is 70.1 Å². The van der Waals surface area contributed by atoms with Crippen LogP contribution in [0.5, 0.6) is 23.0 Å². The average Bonchev–Trinajstić information content (AvgIpc) is 2.93. The molecule has 2 aromatic rings. The maximum Gasteiger partial charge on any atom is 0.162 e. The van der Waals surface area contributed by atoms with E-state index in [0.717, 1.165) is 52.9 Å². The number of rotatable bonds is 8. The zero-order valence-electron chi connectivity index (χ0n) is 26.2. The molecule has 0 bridgehead atoms. The van der Waals surface area contributed by atoms with E-state index in [0.29, 0.717) is 42.4 Å². The zero-order valence-corrected chi connectivity index (χ0v) is 26.2. The topological polar surface area (TPSA) is 74.3 Å². The summed E-state index contributed by atoms with van der Waals surface area (Å²) in [5.74, 6) is 2.37. The number of Topliss-reactive ketones (excluding diaryl/α,β-unsaturated/α-hetero) is 2. The molecule has 0 spiro atoms. The summed E-state index contributed by atoms with van der Waals surface area (Å²) >= 11 is 0. The highest BCUT2D eigenvalue weighted by Crippen LogP contribution is 2.55. The monoisotopic (exact) mass is 573 g/mol. The predicted octanol–water partition coefficient (Wildman–Crippen LogP) is 6.65. The molecule has 0 unspecified atom stereocenters. The van der Waals surface area contributed by atoms with Crippen LogP contribution in [0.4, 0.5) is 0 Å². The molecule has 3 aliphatic rings. The molecule has 0 amide bonds. The Labute approximate surface area is 249 Å². The van der Waals surface area contributed by atoms with Crippen LogP contribution in [-0.4, -0.2) is 51.5 Å². The van der Waals surface area contributed by atoms with Crippen LogP contribution in [0.3, 0.4) is 0 Å². The van der Waals surface area contributed by atoms with Crippen LogP contribution in [0.15, 0.2) is 58.9 Å². The Morgan fingerprint density at radius 1 is 0.667 bits per heavy atom. The van der Waals surface area contributed by atoms with Gasteiger partial charge >= 0.3 is 0 Å². The van der Waals surface area contributed by atoms with Crippen molar-refractivity contribution in [2.45, 2.75) is 65.7 Å². The normalized spacial score (nSPS) is 19.9. The minimum absolute atomic E-state index is 0.112. The van der Waals surface area contributed by atoms with Crippen molar-refractivity contribution in [2.24, 2.45) is 10.8 Å². The van der Waals surface area contributed by atoms with Crippen LogP contribution in [0, 0.1) is 10.8 Å². The second kappa shape index (κ2) is 11.2. The highest BCUT2D eigenvalue weighted by Gasteiger charge is 2.49. The summed E-state index contributed by atoms with van der Waals surface area (Å²) in [6.45, 7) is 9.29. The standard InChI is InChI=1S/C35H43NO6/c1-34(2)17-23-32(25(37)19-34)31(22-10-12-28(40-6)30(16-22)42-8)33-24(18-35(3,4)20-26(33)38)36(23)14-13-21-9-11-27(39-5)29(15-21)41-7/h9-12,15-16,31H,13-14,17-20H2,1-8H3. The number of allylic oxidation sites excluding steroid dienone is 4. The highest BCUT2D eigenvalue weighted by atomic mass is 16.5. The summed E-state index contributed by atoms with van der Waals surface area (Å²) in [7, 11) is 6.48. The Morgan fingerprint density at radius 3 is 1.64 bits per heavy atom. The van der Waals surface area contributed by atoms with Gasteiger partial charge in [-0.25, -0.2) is 0 Å². The molecule has 0 aromatic heterocycles. The van der Waals surface area contributed by atoms with Gasteiger partial charge in [0.15, 0.2) is 34.6 Å². The van der Waals surface area contributed by atoms with E-state index in [-0.39, 0.29) is 22.4 Å².